The summed E-state index contributed by atoms with van der Waals surface area (Å²) in [5.74, 6) is -3.17. The van der Waals surface area contributed by atoms with E-state index in [9.17, 15) is 18.7 Å². The molecular weight excluding hydrogens is 425 g/mol. The molecule has 0 saturated heterocycles. The number of aromatic hydroxyl groups is 1. The summed E-state index contributed by atoms with van der Waals surface area (Å²) in [5.41, 5.74) is 2.63. The molecule has 1 aromatic heterocycles. The average molecular weight is 441 g/mol. The monoisotopic (exact) mass is 440 g/mol. The highest BCUT2D eigenvalue weighted by Crippen LogP contribution is 2.26. The summed E-state index contributed by atoms with van der Waals surface area (Å²) >= 11 is 0. The number of benzene rings is 2. The number of hydrogen-bond donors (Lipinski definition) is 2. The smallest absolute Gasteiger partial charge is 0.278 e. The molecule has 6 nitrogen and oxygen atoms in total. The second-order valence-electron chi connectivity index (χ2n) is 6.13. The Labute approximate surface area is 176 Å². The summed E-state index contributed by atoms with van der Waals surface area (Å²) in [7, 11) is 0. The third kappa shape index (κ3) is 4.08. The van der Waals surface area contributed by atoms with Gasteiger partial charge in [0, 0.05) is 0 Å². The van der Waals surface area contributed by atoms with Crippen LogP contribution in [0.2, 0.25) is 0 Å². The molecule has 10 heteroatoms. The van der Waals surface area contributed by atoms with Crippen molar-refractivity contribution in [3.05, 3.63) is 65.1 Å². The lowest BCUT2D eigenvalue weighted by Gasteiger charge is -2.16. The van der Waals surface area contributed by atoms with Crippen LogP contribution in [0.25, 0.3) is 17.1 Å². The van der Waals surface area contributed by atoms with Crippen molar-refractivity contribution in [3.63, 3.8) is 0 Å². The molecule has 0 unspecified atom stereocenters. The van der Waals surface area contributed by atoms with Gasteiger partial charge < -0.3 is 10.1 Å². The highest BCUT2D eigenvalue weighted by atomic mass is 35.5. The van der Waals surface area contributed by atoms with Crippen molar-refractivity contribution in [3.8, 4) is 5.75 Å². The van der Waals surface area contributed by atoms with Gasteiger partial charge in [-0.25, -0.2) is 18.8 Å². The summed E-state index contributed by atoms with van der Waals surface area (Å²) in [6.07, 6.45) is 2.87. The van der Waals surface area contributed by atoms with Gasteiger partial charge in [0.15, 0.2) is 17.4 Å². The van der Waals surface area contributed by atoms with Gasteiger partial charge in [0.1, 0.15) is 11.5 Å². The van der Waals surface area contributed by atoms with Crippen LogP contribution in [-0.2, 0) is 11.3 Å². The first-order chi connectivity index (χ1) is 12.9. The molecule has 0 spiro atoms. The molecule has 2 N–H and O–H groups in total. The maximum Gasteiger partial charge on any atom is 0.278 e. The van der Waals surface area contributed by atoms with Gasteiger partial charge in [-0.3, -0.25) is 9.69 Å². The Morgan fingerprint density at radius 1 is 1.21 bits per heavy atom. The van der Waals surface area contributed by atoms with E-state index < -0.39 is 17.4 Å². The second kappa shape index (κ2) is 8.59. The van der Waals surface area contributed by atoms with Crippen LogP contribution in [0.1, 0.15) is 18.1 Å². The number of carbonyl (C=O) groups excluding carboxylic acids is 1. The molecule has 1 aliphatic rings. The fourth-order valence-electron chi connectivity index (χ4n) is 3.00. The number of amidine groups is 1. The van der Waals surface area contributed by atoms with E-state index in [-0.39, 0.29) is 48.5 Å². The van der Waals surface area contributed by atoms with Crippen LogP contribution in [0, 0.1) is 11.6 Å². The largest absolute Gasteiger partial charge is 0.503 e. The van der Waals surface area contributed by atoms with Crippen molar-refractivity contribution in [2.24, 2.45) is 4.99 Å². The highest BCUT2D eigenvalue weighted by Gasteiger charge is 2.28. The Balaban J connectivity index is 0.00000150. The zero-order chi connectivity index (χ0) is 19.1. The highest BCUT2D eigenvalue weighted by molar-refractivity contribution is 6.13. The minimum absolute atomic E-state index is 0. The number of rotatable bonds is 3. The molecule has 0 radical (unpaired) electrons. The Kier molecular flexibility index (Phi) is 6.61. The summed E-state index contributed by atoms with van der Waals surface area (Å²) in [6, 6.07) is 7.50. The van der Waals surface area contributed by atoms with Crippen molar-refractivity contribution in [2.75, 3.05) is 0 Å². The van der Waals surface area contributed by atoms with Crippen LogP contribution in [0.4, 0.5) is 8.78 Å². The number of aromatic nitrogens is 2. The number of aliphatic imine (C=N–C) groups is 1. The third-order valence-corrected chi connectivity index (χ3v) is 4.34. The quantitative estimate of drug-likeness (QED) is 0.598. The molecule has 0 fully saturated rings. The predicted molar refractivity (Wildman–Crippen MR) is 110 cm³/mol. The Morgan fingerprint density at radius 2 is 1.90 bits per heavy atom. The first-order valence-corrected chi connectivity index (χ1v) is 8.12. The number of phenols is 1. The molecule has 4 rings (SSSR count). The van der Waals surface area contributed by atoms with Crippen LogP contribution < -0.4 is 0 Å². The molecule has 2 heterocycles. The van der Waals surface area contributed by atoms with Gasteiger partial charge >= 0.3 is 0 Å². The zero-order valence-electron chi connectivity index (χ0n) is 15.0. The van der Waals surface area contributed by atoms with Crippen molar-refractivity contribution >= 4 is 53.7 Å². The number of phenolic OH excluding ortho intramolecular Hbond substituents is 1. The Hall–Kier alpha value is -2.97. The number of para-hydroxylation sites is 1. The molecule has 3 aromatic rings. The predicted octanol–water partition coefficient (Wildman–Crippen LogP) is 4.19. The fourth-order valence-corrected chi connectivity index (χ4v) is 3.00. The number of hydrogen-bond acceptors (Lipinski definition) is 4. The number of fused-ring (bicyclic) bond motifs is 1. The number of imidazole rings is 1. The Bertz CT molecular complexity index is 1120. The van der Waals surface area contributed by atoms with Crippen molar-refractivity contribution in [2.45, 2.75) is 13.5 Å². The van der Waals surface area contributed by atoms with Crippen molar-refractivity contribution in [1.82, 2.24) is 14.9 Å². The summed E-state index contributed by atoms with van der Waals surface area (Å²) < 4.78 is 27.0. The van der Waals surface area contributed by atoms with E-state index in [1.807, 2.05) is 18.2 Å². The van der Waals surface area contributed by atoms with E-state index >= 15 is 0 Å². The van der Waals surface area contributed by atoms with Crippen LogP contribution in [0.3, 0.4) is 0 Å². The molecule has 1 aliphatic heterocycles. The molecule has 29 heavy (non-hydrogen) atoms. The number of amides is 1. The zero-order valence-corrected chi connectivity index (χ0v) is 16.7. The standard InChI is InChI=1S/C19H14F2N4O2.2ClH/c1-10-24-16(7-11-5-13(20)18(26)14(21)6-11)19(27)25(10)8-12-3-2-4-15-17(12)23-9-22-15;;/h2-7,9,26H,8H2,1H3,(H,22,23);2*1H/b16-7-;;. The SMILES string of the molecule is CC1=N/C(=C\c2cc(F)c(O)c(F)c2)C(=O)N1Cc1cccc2[nH]cnc12.Cl.Cl. The van der Waals surface area contributed by atoms with Crippen LogP contribution in [0.5, 0.6) is 5.75 Å². The van der Waals surface area contributed by atoms with E-state index in [2.05, 4.69) is 15.0 Å². The van der Waals surface area contributed by atoms with Gasteiger partial charge in [-0.05, 0) is 42.3 Å². The third-order valence-electron chi connectivity index (χ3n) is 4.34. The Morgan fingerprint density at radius 3 is 2.59 bits per heavy atom. The first-order valence-electron chi connectivity index (χ1n) is 8.12. The molecule has 152 valence electrons. The lowest BCUT2D eigenvalue weighted by atomic mass is 10.1. The van der Waals surface area contributed by atoms with E-state index in [1.165, 1.54) is 11.0 Å². The van der Waals surface area contributed by atoms with Gasteiger partial charge in [0.05, 0.1) is 23.9 Å². The molecule has 0 aliphatic carbocycles. The molecule has 0 atom stereocenters. The van der Waals surface area contributed by atoms with Gasteiger partial charge in [-0.1, -0.05) is 12.1 Å². The van der Waals surface area contributed by atoms with Crippen LogP contribution >= 0.6 is 24.8 Å². The summed E-state index contributed by atoms with van der Waals surface area (Å²) in [5, 5.41) is 9.18. The fraction of sp³-hybridized carbons (Fsp3) is 0.105. The topological polar surface area (TPSA) is 81.6 Å². The number of carbonyl (C=O) groups is 1. The number of halogens is 4. The number of H-pyrrole nitrogens is 1. The average Bonchev–Trinajstić information content (AvgIpc) is 3.21. The van der Waals surface area contributed by atoms with Gasteiger partial charge in [-0.15, -0.1) is 24.8 Å². The van der Waals surface area contributed by atoms with E-state index in [4.69, 9.17) is 0 Å². The van der Waals surface area contributed by atoms with Gasteiger partial charge in [0.2, 0.25) is 0 Å². The lowest BCUT2D eigenvalue weighted by Crippen LogP contribution is -2.29. The first kappa shape index (κ1) is 22.3. The van der Waals surface area contributed by atoms with Crippen molar-refractivity contribution < 1.29 is 18.7 Å². The summed E-state index contributed by atoms with van der Waals surface area (Å²) in [6.45, 7) is 1.95. The molecule has 0 saturated carbocycles. The van der Waals surface area contributed by atoms with E-state index in [0.29, 0.717) is 5.84 Å². The van der Waals surface area contributed by atoms with Crippen molar-refractivity contribution in [1.29, 1.82) is 0 Å². The van der Waals surface area contributed by atoms with Gasteiger partial charge in [0.25, 0.3) is 5.91 Å². The molecule has 2 aromatic carbocycles. The minimum atomic E-state index is -1.10. The molecule has 0 bridgehead atoms. The maximum absolute atomic E-state index is 13.5. The van der Waals surface area contributed by atoms with E-state index in [0.717, 1.165) is 28.7 Å². The normalized spacial score (nSPS) is 14.7. The number of nitrogens with zero attached hydrogens (tertiary/aromatic N) is 3. The molecular formula is C19H16Cl2F2N4O2. The second-order valence-corrected chi connectivity index (χ2v) is 6.13. The lowest BCUT2D eigenvalue weighted by molar-refractivity contribution is -0.123. The van der Waals surface area contributed by atoms with Crippen LogP contribution in [-0.4, -0.2) is 31.7 Å². The van der Waals surface area contributed by atoms with E-state index in [1.54, 1.807) is 13.3 Å². The number of nitrogens with one attached hydrogen (secondary N) is 1. The summed E-state index contributed by atoms with van der Waals surface area (Å²) in [4.78, 5) is 25.7. The minimum Gasteiger partial charge on any atom is -0.503 e. The molecule has 1 amide bonds. The maximum atomic E-state index is 13.5. The van der Waals surface area contributed by atoms with Crippen LogP contribution in [0.15, 0.2) is 47.3 Å². The van der Waals surface area contributed by atoms with Gasteiger partial charge in [-0.2, -0.15) is 0 Å². The number of aromatic amines is 1.